The Hall–Kier alpha value is -9.86. The van der Waals surface area contributed by atoms with E-state index in [1.54, 1.807) is 80.2 Å². The van der Waals surface area contributed by atoms with E-state index < -0.39 is 0 Å². The van der Waals surface area contributed by atoms with E-state index in [2.05, 4.69) is 76.6 Å². The van der Waals surface area contributed by atoms with Crippen LogP contribution in [-0.4, -0.2) is 230 Å². The first-order valence-corrected chi connectivity index (χ1v) is 54.8. The van der Waals surface area contributed by atoms with Crippen molar-refractivity contribution >= 4 is 125 Å². The van der Waals surface area contributed by atoms with E-state index >= 15 is 4.39 Å². The number of amides is 5. The van der Waals surface area contributed by atoms with Crippen molar-refractivity contribution in [3.8, 4) is 0 Å². The summed E-state index contributed by atoms with van der Waals surface area (Å²) in [4.78, 5) is 168. The Labute approximate surface area is 858 Å². The Kier molecular flexibility index (Phi) is 39.6. The van der Waals surface area contributed by atoms with Gasteiger partial charge in [-0.15, -0.1) is 0 Å². The molecule has 12 atom stereocenters. The molecule has 4 saturated carbocycles. The van der Waals surface area contributed by atoms with Crippen molar-refractivity contribution in [2.75, 3.05) is 68.5 Å². The Morgan fingerprint density at radius 3 is 0.972 bits per heavy atom. The lowest BCUT2D eigenvalue weighted by Gasteiger charge is -2.35. The van der Waals surface area contributed by atoms with Gasteiger partial charge in [0.1, 0.15) is 34.1 Å². The van der Waals surface area contributed by atoms with E-state index in [4.69, 9.17) is 11.6 Å². The van der Waals surface area contributed by atoms with Gasteiger partial charge in [-0.1, -0.05) is 130 Å². The average Bonchev–Trinajstić information content (AvgIpc) is 1.62. The molecule has 784 valence electrons. The molecule has 8 heterocycles. The number of nitrogens with one attached hydrogen (secondary N) is 4. The van der Waals surface area contributed by atoms with Crippen molar-refractivity contribution in [1.29, 1.82) is 0 Å². The molecule has 144 heavy (non-hydrogen) atoms. The molecular formula is C117H165ClFN13O12. The van der Waals surface area contributed by atoms with Crippen LogP contribution >= 0.6 is 11.6 Å². The lowest BCUT2D eigenvalue weighted by atomic mass is 9.76. The van der Waals surface area contributed by atoms with Crippen molar-refractivity contribution in [2.24, 2.45) is 47.3 Å². The number of ketones is 7. The van der Waals surface area contributed by atoms with E-state index in [0.29, 0.717) is 103 Å². The maximum atomic E-state index is 15.0. The van der Waals surface area contributed by atoms with Crippen molar-refractivity contribution in [2.45, 2.75) is 356 Å². The van der Waals surface area contributed by atoms with Gasteiger partial charge in [0.25, 0.3) is 5.91 Å². The Morgan fingerprint density at radius 1 is 0.361 bits per heavy atom. The van der Waals surface area contributed by atoms with Gasteiger partial charge in [0.15, 0.2) is 17.3 Å². The SMILES string of the molecule is CNC(C)C(=O)CC(C(=O)N1CCCC1Cn1c(Cl)c(C(C)=O)c2cc(C)ccc21)C1CCCCC1.CNC(C)C(=O)CC(C(=O)N1CCCC1Cn1cc(C(=O)N(C)C)c2cc(C)ccc21)C1CCCCC1.CNC(C)C(=O)CC(C(=O)N1CCCC1Cn1cc(C(C)=O)c2c(F)c(C)ccc21)C1CCCCC1.CNC(C)C(=O)CC(C(=O)N1CCCC1Cn1cc(C(C)=O)c2cc(C)ccc21)C1CCCCC1. The first-order valence-electron chi connectivity index (χ1n) is 54.5. The summed E-state index contributed by atoms with van der Waals surface area (Å²) in [5.41, 5.74) is 9.89. The summed E-state index contributed by atoms with van der Waals surface area (Å²) in [5, 5.41) is 15.8. The predicted octanol–water partition coefficient (Wildman–Crippen LogP) is 19.9. The summed E-state index contributed by atoms with van der Waals surface area (Å²) in [6.45, 7) is 25.2. The third-order valence-electron chi connectivity index (χ3n) is 33.9. The van der Waals surface area contributed by atoms with Crippen LogP contribution in [0, 0.1) is 80.9 Å². The topological polar surface area (TPSA) is 289 Å². The Bertz CT molecular complexity index is 5900. The fourth-order valence-corrected chi connectivity index (χ4v) is 25.2. The quantitative estimate of drug-likeness (QED) is 0.0265. The van der Waals surface area contributed by atoms with Crippen molar-refractivity contribution in [3.05, 3.63) is 141 Å². The number of aryl methyl sites for hydroxylation is 4. The zero-order valence-corrected chi connectivity index (χ0v) is 90.0. The average molecular weight is 2000 g/mol. The molecule has 4 aromatic heterocycles. The maximum Gasteiger partial charge on any atom is 0.255 e. The van der Waals surface area contributed by atoms with E-state index in [9.17, 15) is 57.5 Å². The molecule has 0 spiro atoms. The smallest absolute Gasteiger partial charge is 0.255 e. The van der Waals surface area contributed by atoms with Crippen LogP contribution in [0.4, 0.5) is 4.39 Å². The molecule has 4 aromatic carbocycles. The number of carbonyl (C=O) groups excluding carboxylic acids is 12. The number of fused-ring (bicyclic) bond motifs is 4. The standard InChI is InChI=1S/C30H44N4O3.C29H40ClN3O3.C29H40FN3O3.C29H41N3O3/c1-20-13-14-27-25(16-20)26(29(36)32(4)5)19-33(27)18-23-12-9-15-34(23)30(37)24(17-28(35)21(2)31-3)22-10-7-6-8-11-22;1-18-12-13-25-24(15-18)27(20(3)34)28(30)33(25)17-22-11-8-14-32(22)29(36)23(16-26(35)19(2)31-4)21-9-6-5-7-10-21;1-18-12-13-25-27(28(18)30)24(20(3)34)17-32(25)16-22-11-8-14-33(22)29(36)23(15-26(35)19(2)31-4)21-9-6-5-7-10-21;1-19-12-13-27-25(15-19)26(21(3)33)18-31(27)17-23-11-8-14-32(23)29(35)24(16-28(34)20(2)30-4)22-9-6-5-7-10-22/h13-14,16,19,21-24,31H,6-12,15,17-18H2,1-5H3;12-13,15,19,21-23,31H,5-11,14,16-17H2,1-4H3;12-13,17,19,21-23,31H,5-11,14-16H2,1-4H3;12-13,15,18,20,22-24,30H,5-11,14,16-17H2,1-4H3. The molecule has 4 aliphatic heterocycles. The van der Waals surface area contributed by atoms with Crippen LogP contribution in [0.3, 0.4) is 0 Å². The zero-order valence-electron chi connectivity index (χ0n) is 89.3. The van der Waals surface area contributed by atoms with Crippen LogP contribution in [0.2, 0.25) is 5.15 Å². The molecule has 5 amide bonds. The summed E-state index contributed by atoms with van der Waals surface area (Å²) in [5.74, 6) is 0.538. The second-order valence-electron chi connectivity index (χ2n) is 43.9. The summed E-state index contributed by atoms with van der Waals surface area (Å²) in [6.07, 6.45) is 36.4. The molecule has 16 rings (SSSR count). The largest absolute Gasteiger partial charge is 0.345 e. The van der Waals surface area contributed by atoms with Crippen LogP contribution in [0.15, 0.2) is 85.3 Å². The molecule has 8 aromatic rings. The van der Waals surface area contributed by atoms with Gasteiger partial charge in [-0.05, 0) is 279 Å². The minimum absolute atomic E-state index is 0.00497. The molecule has 4 saturated heterocycles. The Morgan fingerprint density at radius 2 is 0.653 bits per heavy atom. The van der Waals surface area contributed by atoms with Gasteiger partial charge in [-0.3, -0.25) is 57.5 Å². The van der Waals surface area contributed by atoms with Crippen LogP contribution in [0.1, 0.15) is 318 Å². The van der Waals surface area contributed by atoms with Crippen LogP contribution < -0.4 is 21.3 Å². The highest BCUT2D eigenvalue weighted by molar-refractivity contribution is 6.35. The third-order valence-corrected chi connectivity index (χ3v) is 34.3. The molecular weight excluding hydrogens is 1830 g/mol. The van der Waals surface area contributed by atoms with E-state index in [1.807, 2.05) is 104 Å². The number of aromatic nitrogens is 4. The molecule has 0 bridgehead atoms. The number of carbonyl (C=O) groups is 12. The van der Waals surface area contributed by atoms with Gasteiger partial charge >= 0.3 is 0 Å². The number of hydrogen-bond acceptors (Lipinski definition) is 16. The lowest BCUT2D eigenvalue weighted by Crippen LogP contribution is -2.45. The highest BCUT2D eigenvalue weighted by atomic mass is 35.5. The molecule has 4 aliphatic carbocycles. The first kappa shape index (κ1) is 111. The second-order valence-corrected chi connectivity index (χ2v) is 44.3. The number of hydrogen-bond donors (Lipinski definition) is 4. The van der Waals surface area contributed by atoms with Gasteiger partial charge < -0.3 is 64.0 Å². The third kappa shape index (κ3) is 26.3. The molecule has 8 aliphatic rings. The summed E-state index contributed by atoms with van der Waals surface area (Å²) >= 11 is 6.80. The summed E-state index contributed by atoms with van der Waals surface area (Å²) in [7, 11) is 10.7. The van der Waals surface area contributed by atoms with Crippen molar-refractivity contribution in [1.82, 2.24) is 64.0 Å². The first-order chi connectivity index (χ1) is 68.9. The zero-order chi connectivity index (χ0) is 104. The van der Waals surface area contributed by atoms with E-state index in [1.165, 1.54) is 32.6 Å². The number of likely N-dealkylation sites (N-methyl/N-ethyl adjacent to an activating group) is 4. The van der Waals surface area contributed by atoms with Crippen LogP contribution in [0.25, 0.3) is 43.6 Å². The molecule has 12 unspecified atom stereocenters. The highest BCUT2D eigenvalue weighted by Gasteiger charge is 2.46. The monoisotopic (exact) mass is 2000 g/mol. The predicted molar refractivity (Wildman–Crippen MR) is 571 cm³/mol. The van der Waals surface area contributed by atoms with Gasteiger partial charge in [-0.2, -0.15) is 0 Å². The molecule has 4 N–H and O–H groups in total. The van der Waals surface area contributed by atoms with Crippen LogP contribution in [0.5, 0.6) is 0 Å². The normalized spacial score (nSPS) is 20.5. The second kappa shape index (κ2) is 51.2. The van der Waals surface area contributed by atoms with Gasteiger partial charge in [0, 0.05) is 202 Å². The maximum absolute atomic E-state index is 15.0. The minimum atomic E-state index is -0.356. The van der Waals surface area contributed by atoms with E-state index in [0.717, 1.165) is 222 Å². The molecule has 8 fully saturated rings. The molecule has 25 nitrogen and oxygen atoms in total. The number of rotatable bonds is 36. The molecule has 0 radical (unpaired) electrons. The van der Waals surface area contributed by atoms with Crippen LogP contribution in [-0.2, 0) is 64.5 Å². The highest BCUT2D eigenvalue weighted by Crippen LogP contribution is 2.44. The number of Topliss-reactive ketones (excluding diaryl/α,β-unsaturated/α-hetero) is 7. The van der Waals surface area contributed by atoms with Crippen molar-refractivity contribution in [3.63, 3.8) is 0 Å². The Balaban J connectivity index is 0.000000161. The number of nitrogens with zero attached hydrogens (tertiary/aromatic N) is 9. The number of halogens is 2. The number of benzene rings is 4. The number of likely N-dealkylation sites (tertiary alicyclic amines) is 4. The summed E-state index contributed by atoms with van der Waals surface area (Å²) < 4.78 is 23.3. The van der Waals surface area contributed by atoms with Gasteiger partial charge in [0.2, 0.25) is 23.6 Å². The fourth-order valence-electron chi connectivity index (χ4n) is 24.8. The van der Waals surface area contributed by atoms with Gasteiger partial charge in [-0.25, -0.2) is 4.39 Å². The minimum Gasteiger partial charge on any atom is -0.345 e. The molecule has 27 heteroatoms. The van der Waals surface area contributed by atoms with Gasteiger partial charge in [0.05, 0.1) is 46.3 Å². The fraction of sp³-hybridized carbons (Fsp3) is 0.624. The lowest BCUT2D eigenvalue weighted by molar-refractivity contribution is -0.142. The summed E-state index contributed by atoms with van der Waals surface area (Å²) in [6, 6.07) is 21.3. The van der Waals surface area contributed by atoms with E-state index in [-0.39, 0.29) is 172 Å². The van der Waals surface area contributed by atoms with Crippen molar-refractivity contribution < 1.29 is 61.9 Å².